The molecule has 6 heteroatoms. The van der Waals surface area contributed by atoms with E-state index in [4.69, 9.17) is 16.6 Å². The molecule has 0 atom stereocenters. The highest BCUT2D eigenvalue weighted by Crippen LogP contribution is 2.36. The third-order valence-corrected chi connectivity index (χ3v) is 5.77. The number of aromatic nitrogens is 3. The van der Waals surface area contributed by atoms with Crippen molar-refractivity contribution in [2.45, 2.75) is 32.7 Å². The lowest BCUT2D eigenvalue weighted by molar-refractivity contribution is 0.609. The topological polar surface area (TPSA) is 34.0 Å². The fraction of sp³-hybridized carbons (Fsp3) is 0.444. The minimum atomic E-state index is 0.795. The number of rotatable bonds is 7. The quantitative estimate of drug-likeness (QED) is 0.609. The van der Waals surface area contributed by atoms with Gasteiger partial charge in [-0.3, -0.25) is 0 Å². The molecule has 0 N–H and O–H groups in total. The van der Waals surface area contributed by atoms with Crippen LogP contribution in [0, 0.1) is 12.8 Å². The van der Waals surface area contributed by atoms with Gasteiger partial charge in [0.25, 0.3) is 0 Å². The summed E-state index contributed by atoms with van der Waals surface area (Å²) in [7, 11) is 0. The summed E-state index contributed by atoms with van der Waals surface area (Å²) in [6.45, 7) is 5.23. The van der Waals surface area contributed by atoms with E-state index >= 15 is 0 Å². The normalized spacial score (nSPS) is 14.4. The van der Waals surface area contributed by atoms with Crippen LogP contribution in [0.15, 0.2) is 30.9 Å². The van der Waals surface area contributed by atoms with E-state index in [1.54, 1.807) is 11.3 Å². The molecule has 0 unspecified atom stereocenters. The zero-order chi connectivity index (χ0) is 16.5. The van der Waals surface area contributed by atoms with Crippen LogP contribution in [0.25, 0.3) is 10.2 Å². The van der Waals surface area contributed by atoms with Gasteiger partial charge < -0.3 is 9.47 Å². The highest BCUT2D eigenvalue weighted by Gasteiger charge is 2.26. The summed E-state index contributed by atoms with van der Waals surface area (Å²) in [5.74, 6) is 0.843. The van der Waals surface area contributed by atoms with Crippen LogP contribution in [0.1, 0.15) is 24.8 Å². The lowest BCUT2D eigenvalue weighted by Gasteiger charge is -2.21. The molecule has 1 aromatic carbocycles. The van der Waals surface area contributed by atoms with E-state index in [0.29, 0.717) is 0 Å². The van der Waals surface area contributed by atoms with Gasteiger partial charge in [0.1, 0.15) is 0 Å². The summed E-state index contributed by atoms with van der Waals surface area (Å²) in [4.78, 5) is 11.5. The van der Waals surface area contributed by atoms with Gasteiger partial charge in [-0.25, -0.2) is 9.97 Å². The van der Waals surface area contributed by atoms with Crippen LogP contribution < -0.4 is 4.90 Å². The van der Waals surface area contributed by atoms with Crippen LogP contribution in [-0.2, 0) is 6.54 Å². The number of hydrogen-bond acceptors (Lipinski definition) is 4. The molecule has 1 aliphatic rings. The maximum Gasteiger partial charge on any atom is 0.186 e. The second-order valence-electron chi connectivity index (χ2n) is 6.61. The van der Waals surface area contributed by atoms with Crippen molar-refractivity contribution in [2.24, 2.45) is 5.92 Å². The fourth-order valence-electron chi connectivity index (χ4n) is 3.02. The number of hydrogen-bond donors (Lipinski definition) is 0. The minimum absolute atomic E-state index is 0.795. The highest BCUT2D eigenvalue weighted by molar-refractivity contribution is 7.22. The third-order valence-electron chi connectivity index (χ3n) is 4.49. The van der Waals surface area contributed by atoms with Gasteiger partial charge >= 0.3 is 0 Å². The van der Waals surface area contributed by atoms with Gasteiger partial charge in [0.15, 0.2) is 5.13 Å². The first kappa shape index (κ1) is 15.9. The van der Waals surface area contributed by atoms with Crippen molar-refractivity contribution in [1.29, 1.82) is 0 Å². The van der Waals surface area contributed by atoms with Crippen LogP contribution in [-0.4, -0.2) is 27.6 Å². The van der Waals surface area contributed by atoms with Crippen LogP contribution in [0.5, 0.6) is 0 Å². The van der Waals surface area contributed by atoms with Gasteiger partial charge in [-0.2, -0.15) is 0 Å². The van der Waals surface area contributed by atoms with E-state index in [0.717, 1.165) is 53.2 Å². The van der Waals surface area contributed by atoms with Crippen LogP contribution in [0.3, 0.4) is 0 Å². The van der Waals surface area contributed by atoms with Gasteiger partial charge in [-0.1, -0.05) is 22.9 Å². The minimum Gasteiger partial charge on any atom is -0.348 e. The van der Waals surface area contributed by atoms with Gasteiger partial charge in [0, 0.05) is 37.1 Å². The second kappa shape index (κ2) is 6.73. The van der Waals surface area contributed by atoms with Gasteiger partial charge in [0.2, 0.25) is 0 Å². The van der Waals surface area contributed by atoms with Gasteiger partial charge in [-0.15, -0.1) is 0 Å². The predicted molar refractivity (Wildman–Crippen MR) is 101 cm³/mol. The molecule has 0 amide bonds. The number of thiazole rings is 1. The average molecular weight is 361 g/mol. The molecule has 0 radical (unpaired) electrons. The summed E-state index contributed by atoms with van der Waals surface area (Å²) >= 11 is 7.97. The summed E-state index contributed by atoms with van der Waals surface area (Å²) in [5, 5.41) is 1.93. The summed E-state index contributed by atoms with van der Waals surface area (Å²) in [6.07, 6.45) is 9.55. The van der Waals surface area contributed by atoms with Crippen LogP contribution in [0.4, 0.5) is 5.13 Å². The number of benzene rings is 1. The van der Waals surface area contributed by atoms with Crippen molar-refractivity contribution in [3.8, 4) is 0 Å². The Morgan fingerprint density at radius 3 is 3.00 bits per heavy atom. The lowest BCUT2D eigenvalue weighted by Crippen LogP contribution is -2.27. The van der Waals surface area contributed by atoms with E-state index in [-0.39, 0.29) is 0 Å². The number of nitrogens with zero attached hydrogens (tertiary/aromatic N) is 4. The van der Waals surface area contributed by atoms with Crippen molar-refractivity contribution in [3.63, 3.8) is 0 Å². The zero-order valence-corrected chi connectivity index (χ0v) is 15.4. The molecular formula is C18H21ClN4S. The summed E-state index contributed by atoms with van der Waals surface area (Å²) in [6, 6.07) is 4.03. The molecule has 126 valence electrons. The van der Waals surface area contributed by atoms with Crippen LogP contribution in [0.2, 0.25) is 5.02 Å². The average Bonchev–Trinajstić information content (AvgIpc) is 3.04. The number of anilines is 1. The van der Waals surface area contributed by atoms with E-state index in [1.165, 1.54) is 17.5 Å². The van der Waals surface area contributed by atoms with Gasteiger partial charge in [-0.05, 0) is 49.8 Å². The van der Waals surface area contributed by atoms with E-state index in [2.05, 4.69) is 21.4 Å². The Bertz CT molecular complexity index is 823. The van der Waals surface area contributed by atoms with Crippen LogP contribution >= 0.6 is 22.9 Å². The number of imidazole rings is 1. The Hall–Kier alpha value is -1.59. The van der Waals surface area contributed by atoms with E-state index in [1.807, 2.05) is 30.9 Å². The first-order valence-electron chi connectivity index (χ1n) is 8.46. The first-order chi connectivity index (χ1) is 11.7. The molecule has 2 heterocycles. The second-order valence-corrected chi connectivity index (χ2v) is 8.05. The molecule has 3 aromatic rings. The summed E-state index contributed by atoms with van der Waals surface area (Å²) in [5.41, 5.74) is 2.25. The molecule has 0 bridgehead atoms. The molecule has 4 nitrogen and oxygen atoms in total. The van der Waals surface area contributed by atoms with E-state index < -0.39 is 0 Å². The molecule has 4 rings (SSSR count). The predicted octanol–water partition coefficient (Wildman–Crippen LogP) is 4.76. The monoisotopic (exact) mass is 360 g/mol. The Kier molecular flexibility index (Phi) is 4.46. The maximum absolute atomic E-state index is 6.20. The Balaban J connectivity index is 1.52. The summed E-state index contributed by atoms with van der Waals surface area (Å²) < 4.78 is 3.32. The molecule has 2 aromatic heterocycles. The molecule has 0 aliphatic heterocycles. The Morgan fingerprint density at radius 2 is 2.25 bits per heavy atom. The number of aryl methyl sites for hydroxylation is 2. The highest BCUT2D eigenvalue weighted by atomic mass is 35.5. The largest absolute Gasteiger partial charge is 0.348 e. The molecule has 1 fully saturated rings. The van der Waals surface area contributed by atoms with Gasteiger partial charge in [0.05, 0.1) is 16.5 Å². The Morgan fingerprint density at radius 1 is 1.38 bits per heavy atom. The molecule has 0 spiro atoms. The third kappa shape index (κ3) is 3.57. The van der Waals surface area contributed by atoms with Crippen molar-refractivity contribution in [2.75, 3.05) is 18.0 Å². The number of fused-ring (bicyclic) bond motifs is 1. The molecule has 24 heavy (non-hydrogen) atoms. The molecule has 0 saturated heterocycles. The van der Waals surface area contributed by atoms with Crippen molar-refractivity contribution in [3.05, 3.63) is 41.4 Å². The molecule has 1 saturated carbocycles. The lowest BCUT2D eigenvalue weighted by atomic mass is 10.2. The number of halogens is 1. The molecular weight excluding hydrogens is 340 g/mol. The van der Waals surface area contributed by atoms with Crippen molar-refractivity contribution >= 4 is 38.3 Å². The SMILES string of the molecule is Cc1cc(Cl)cc2sc(N(CCCn3ccnc3)CC3CC3)nc12. The first-order valence-corrected chi connectivity index (χ1v) is 9.66. The zero-order valence-electron chi connectivity index (χ0n) is 13.8. The van der Waals surface area contributed by atoms with E-state index in [9.17, 15) is 0 Å². The fourth-order valence-corrected chi connectivity index (χ4v) is 4.47. The standard InChI is InChI=1S/C18H21ClN4S/c1-13-9-15(19)10-16-17(13)21-18(24-16)23(11-14-3-4-14)7-2-6-22-8-5-20-12-22/h5,8-10,12,14H,2-4,6-7,11H2,1H3. The maximum atomic E-state index is 6.20. The Labute approximate surface area is 151 Å². The van der Waals surface area contributed by atoms with Crippen molar-refractivity contribution < 1.29 is 0 Å². The smallest absolute Gasteiger partial charge is 0.186 e. The van der Waals surface area contributed by atoms with Crippen molar-refractivity contribution in [1.82, 2.24) is 14.5 Å². The molecule has 1 aliphatic carbocycles.